The highest BCUT2D eigenvalue weighted by atomic mass is 16.2. The zero-order valence-electron chi connectivity index (χ0n) is 16.3. The van der Waals surface area contributed by atoms with E-state index in [0.29, 0.717) is 23.6 Å². The van der Waals surface area contributed by atoms with Crippen LogP contribution in [-0.4, -0.2) is 45.2 Å². The molecule has 0 N–H and O–H groups in total. The van der Waals surface area contributed by atoms with Crippen molar-refractivity contribution < 1.29 is 14.4 Å². The molecule has 2 aliphatic heterocycles. The largest absolute Gasteiger partial charge is 0.353 e. The van der Waals surface area contributed by atoms with Gasteiger partial charge in [0.1, 0.15) is 6.54 Å². The van der Waals surface area contributed by atoms with Gasteiger partial charge in [-0.05, 0) is 49.4 Å². The third-order valence-corrected chi connectivity index (χ3v) is 5.99. The molecule has 1 fully saturated rings. The molecule has 2 atom stereocenters. The Kier molecular flexibility index (Phi) is 4.79. The second-order valence-corrected chi connectivity index (χ2v) is 7.86. The number of hydrogen-bond donors (Lipinski definition) is 0. The third kappa shape index (κ3) is 3.13. The first-order chi connectivity index (χ1) is 13.5. The van der Waals surface area contributed by atoms with E-state index >= 15 is 0 Å². The maximum Gasteiger partial charge on any atom is 0.262 e. The van der Waals surface area contributed by atoms with E-state index < -0.39 is 0 Å². The quantitative estimate of drug-likeness (QED) is 0.770. The average molecular weight is 379 g/mol. The highest BCUT2D eigenvalue weighted by Crippen LogP contribution is 2.33. The molecule has 1 aromatic carbocycles. The number of fused-ring (bicyclic) bond motifs is 1. The van der Waals surface area contributed by atoms with Crippen LogP contribution in [0.15, 0.2) is 42.6 Å². The number of carbonyl (C=O) groups excluding carboxylic acids is 3. The molecule has 6 nitrogen and oxygen atoms in total. The smallest absolute Gasteiger partial charge is 0.262 e. The Balaban J connectivity index is 1.58. The molecule has 3 heterocycles. The van der Waals surface area contributed by atoms with E-state index in [1.54, 1.807) is 24.3 Å². The molecular formula is C22H25N3O3. The Morgan fingerprint density at radius 2 is 1.68 bits per heavy atom. The SMILES string of the molecule is C[C@@H]1CC[C@@H](c2cccn2C)N(C(=O)CN2C(=O)c3ccccc3C2=O)CC1. The van der Waals surface area contributed by atoms with E-state index in [-0.39, 0.29) is 30.3 Å². The number of likely N-dealkylation sites (tertiary alicyclic amines) is 1. The summed E-state index contributed by atoms with van der Waals surface area (Å²) < 4.78 is 2.04. The second-order valence-electron chi connectivity index (χ2n) is 7.86. The summed E-state index contributed by atoms with van der Waals surface area (Å²) in [4.78, 5) is 41.5. The standard InChI is InChI=1S/C22H25N3O3/c1-15-9-10-19(18-8-5-12-23(18)2)24(13-11-15)20(26)14-25-21(27)16-6-3-4-7-17(16)22(25)28/h3-8,12,15,19H,9-11,13-14H2,1-2H3/t15-,19+/m1/s1. The molecule has 0 saturated carbocycles. The zero-order valence-corrected chi connectivity index (χ0v) is 16.3. The van der Waals surface area contributed by atoms with Crippen molar-refractivity contribution in [2.45, 2.75) is 32.2 Å². The second kappa shape index (κ2) is 7.26. The molecule has 0 radical (unpaired) electrons. The molecule has 0 aliphatic carbocycles. The van der Waals surface area contributed by atoms with E-state index in [1.165, 1.54) is 0 Å². The first kappa shape index (κ1) is 18.5. The molecule has 0 spiro atoms. The van der Waals surface area contributed by atoms with Crippen molar-refractivity contribution in [2.24, 2.45) is 13.0 Å². The predicted molar refractivity (Wildman–Crippen MR) is 105 cm³/mol. The van der Waals surface area contributed by atoms with Crippen molar-refractivity contribution >= 4 is 17.7 Å². The number of rotatable bonds is 3. The lowest BCUT2D eigenvalue weighted by Gasteiger charge is -2.31. The molecule has 4 rings (SSSR count). The number of hydrogen-bond acceptors (Lipinski definition) is 3. The van der Waals surface area contributed by atoms with Crippen LogP contribution in [0.4, 0.5) is 0 Å². The molecule has 6 heteroatoms. The average Bonchev–Trinajstić information content (AvgIpc) is 3.13. The topological polar surface area (TPSA) is 62.6 Å². The number of aryl methyl sites for hydroxylation is 1. The zero-order chi connectivity index (χ0) is 19.8. The lowest BCUT2D eigenvalue weighted by molar-refractivity contribution is -0.134. The Hall–Kier alpha value is -2.89. The summed E-state index contributed by atoms with van der Waals surface area (Å²) in [6.07, 6.45) is 4.84. The van der Waals surface area contributed by atoms with Gasteiger partial charge in [-0.1, -0.05) is 19.1 Å². The summed E-state index contributed by atoms with van der Waals surface area (Å²) in [5.41, 5.74) is 1.84. The summed E-state index contributed by atoms with van der Waals surface area (Å²) in [6.45, 7) is 2.64. The van der Waals surface area contributed by atoms with Crippen molar-refractivity contribution in [1.29, 1.82) is 0 Å². The van der Waals surface area contributed by atoms with Crippen LogP contribution in [-0.2, 0) is 11.8 Å². The molecule has 0 bridgehead atoms. The van der Waals surface area contributed by atoms with E-state index in [4.69, 9.17) is 0 Å². The van der Waals surface area contributed by atoms with Gasteiger partial charge in [0.25, 0.3) is 11.8 Å². The summed E-state index contributed by atoms with van der Waals surface area (Å²) >= 11 is 0. The molecule has 1 saturated heterocycles. The summed E-state index contributed by atoms with van der Waals surface area (Å²) in [5.74, 6) is -0.394. The van der Waals surface area contributed by atoms with Crippen molar-refractivity contribution in [2.75, 3.05) is 13.1 Å². The van der Waals surface area contributed by atoms with Gasteiger partial charge >= 0.3 is 0 Å². The van der Waals surface area contributed by atoms with Crippen molar-refractivity contribution in [3.63, 3.8) is 0 Å². The van der Waals surface area contributed by atoms with Crippen LogP contribution >= 0.6 is 0 Å². The molecule has 2 aromatic rings. The molecular weight excluding hydrogens is 354 g/mol. The van der Waals surface area contributed by atoms with Crippen molar-refractivity contribution in [1.82, 2.24) is 14.4 Å². The van der Waals surface area contributed by atoms with Gasteiger partial charge in [0.2, 0.25) is 5.91 Å². The van der Waals surface area contributed by atoms with E-state index in [2.05, 4.69) is 6.92 Å². The normalized spacial score (nSPS) is 22.4. The minimum absolute atomic E-state index is 0.0346. The molecule has 146 valence electrons. The molecule has 28 heavy (non-hydrogen) atoms. The van der Waals surface area contributed by atoms with Crippen LogP contribution in [0.2, 0.25) is 0 Å². The van der Waals surface area contributed by atoms with E-state index in [1.807, 2.05) is 34.8 Å². The molecule has 0 unspecified atom stereocenters. The van der Waals surface area contributed by atoms with Gasteiger partial charge in [0, 0.05) is 25.5 Å². The minimum atomic E-state index is -0.382. The Labute approximate surface area is 164 Å². The lowest BCUT2D eigenvalue weighted by atomic mass is 10.00. The van der Waals surface area contributed by atoms with Gasteiger partial charge in [-0.3, -0.25) is 19.3 Å². The number of aromatic nitrogens is 1. The first-order valence-electron chi connectivity index (χ1n) is 9.83. The number of benzene rings is 1. The minimum Gasteiger partial charge on any atom is -0.353 e. The van der Waals surface area contributed by atoms with Crippen molar-refractivity contribution in [3.05, 3.63) is 59.4 Å². The van der Waals surface area contributed by atoms with Gasteiger partial charge in [-0.2, -0.15) is 0 Å². The van der Waals surface area contributed by atoms with Gasteiger partial charge in [-0.25, -0.2) is 0 Å². The first-order valence-corrected chi connectivity index (χ1v) is 9.83. The van der Waals surface area contributed by atoms with Gasteiger partial charge in [0.05, 0.1) is 17.2 Å². The van der Waals surface area contributed by atoms with Crippen LogP contribution in [0.5, 0.6) is 0 Å². The van der Waals surface area contributed by atoms with Crippen LogP contribution in [0, 0.1) is 5.92 Å². The number of nitrogens with zero attached hydrogens (tertiary/aromatic N) is 3. The highest BCUT2D eigenvalue weighted by Gasteiger charge is 2.38. The lowest BCUT2D eigenvalue weighted by Crippen LogP contribution is -2.44. The number of carbonyl (C=O) groups is 3. The molecule has 3 amide bonds. The third-order valence-electron chi connectivity index (χ3n) is 5.99. The Morgan fingerprint density at radius 1 is 1.00 bits per heavy atom. The van der Waals surface area contributed by atoms with Gasteiger partial charge in [-0.15, -0.1) is 0 Å². The summed E-state index contributed by atoms with van der Waals surface area (Å²) in [7, 11) is 1.98. The fourth-order valence-corrected chi connectivity index (χ4v) is 4.29. The Bertz CT molecular complexity index is 898. The fraction of sp³-hybridized carbons (Fsp3) is 0.409. The fourth-order valence-electron chi connectivity index (χ4n) is 4.29. The summed E-state index contributed by atoms with van der Waals surface area (Å²) in [6, 6.07) is 10.7. The number of amides is 3. The van der Waals surface area contributed by atoms with E-state index in [0.717, 1.165) is 29.9 Å². The molecule has 1 aromatic heterocycles. The van der Waals surface area contributed by atoms with Gasteiger partial charge < -0.3 is 9.47 Å². The Morgan fingerprint density at radius 3 is 2.29 bits per heavy atom. The predicted octanol–water partition coefficient (Wildman–Crippen LogP) is 3.01. The summed E-state index contributed by atoms with van der Waals surface area (Å²) in [5, 5.41) is 0. The van der Waals surface area contributed by atoms with E-state index in [9.17, 15) is 14.4 Å². The van der Waals surface area contributed by atoms with Crippen LogP contribution in [0.1, 0.15) is 58.6 Å². The van der Waals surface area contributed by atoms with Crippen LogP contribution in [0.3, 0.4) is 0 Å². The van der Waals surface area contributed by atoms with Crippen LogP contribution in [0.25, 0.3) is 0 Å². The maximum absolute atomic E-state index is 13.2. The number of imide groups is 1. The van der Waals surface area contributed by atoms with Crippen molar-refractivity contribution in [3.8, 4) is 0 Å². The molecule has 2 aliphatic rings. The monoisotopic (exact) mass is 379 g/mol. The van der Waals surface area contributed by atoms with Gasteiger partial charge in [0.15, 0.2) is 0 Å². The maximum atomic E-state index is 13.2. The van der Waals surface area contributed by atoms with Crippen LogP contribution < -0.4 is 0 Å². The highest BCUT2D eigenvalue weighted by molar-refractivity contribution is 6.22.